The topological polar surface area (TPSA) is 0 Å². The van der Waals surface area contributed by atoms with E-state index in [4.69, 9.17) is 0 Å². The van der Waals surface area contributed by atoms with Crippen molar-refractivity contribution < 1.29 is 18.6 Å². The maximum atomic E-state index is 2.37. The Balaban J connectivity index is 0.00000162. The van der Waals surface area contributed by atoms with Crippen LogP contribution >= 0.6 is 24.8 Å². The van der Waals surface area contributed by atoms with Crippen molar-refractivity contribution in [2.45, 2.75) is 40.5 Å². The Morgan fingerprint density at radius 1 is 0.789 bits per heavy atom. The van der Waals surface area contributed by atoms with Crippen molar-refractivity contribution in [1.29, 1.82) is 0 Å². The second-order valence-corrected chi connectivity index (χ2v) is 9.66. The van der Waals surface area contributed by atoms with E-state index in [0.717, 1.165) is 0 Å². The standard InChI is InChI=1S/2C8H11.2ClH.W/c2*1-7(2)8-5-3-4-6-8;;;/h2*3,5,7H,4H2,1-2H3;2*1H;. The number of allylic oxidation sites excluding steroid dienone is 8. The number of hydrogen-bond acceptors (Lipinski definition) is 0. The van der Waals surface area contributed by atoms with Crippen molar-refractivity contribution in [3.05, 3.63) is 43.4 Å². The molecule has 108 valence electrons. The van der Waals surface area contributed by atoms with E-state index < -0.39 is 18.6 Å². The van der Waals surface area contributed by atoms with Crippen LogP contribution in [0.3, 0.4) is 0 Å². The van der Waals surface area contributed by atoms with Crippen molar-refractivity contribution >= 4 is 24.8 Å². The first-order chi connectivity index (χ1) is 8.09. The van der Waals surface area contributed by atoms with Crippen molar-refractivity contribution in [3.63, 3.8) is 0 Å². The third-order valence-electron chi connectivity index (χ3n) is 3.34. The second kappa shape index (κ2) is 8.50. The molecule has 0 spiro atoms. The largest absolute Gasteiger partial charge is 0.147 e. The van der Waals surface area contributed by atoms with Crippen LogP contribution in [0, 0.1) is 11.8 Å². The van der Waals surface area contributed by atoms with Gasteiger partial charge in [0.2, 0.25) is 0 Å². The quantitative estimate of drug-likeness (QED) is 0.497. The second-order valence-electron chi connectivity index (χ2n) is 5.38. The molecule has 0 saturated heterocycles. The van der Waals surface area contributed by atoms with E-state index in [1.54, 1.807) is 11.1 Å². The Morgan fingerprint density at radius 3 is 1.47 bits per heavy atom. The van der Waals surface area contributed by atoms with Crippen LogP contribution in [0.4, 0.5) is 0 Å². The molecule has 19 heavy (non-hydrogen) atoms. The zero-order valence-corrected chi connectivity index (χ0v) is 16.7. The van der Waals surface area contributed by atoms with Gasteiger partial charge in [0.1, 0.15) is 0 Å². The predicted octanol–water partition coefficient (Wildman–Crippen LogP) is 5.65. The summed E-state index contributed by atoms with van der Waals surface area (Å²) in [5.41, 5.74) is 3.30. The Bertz CT molecular complexity index is 386. The fourth-order valence-corrected chi connectivity index (χ4v) is 7.77. The molecule has 0 amide bonds. The van der Waals surface area contributed by atoms with Crippen LogP contribution in [0.25, 0.3) is 0 Å². The van der Waals surface area contributed by atoms with Gasteiger partial charge in [-0.3, -0.25) is 0 Å². The van der Waals surface area contributed by atoms with E-state index in [1.165, 1.54) is 12.8 Å². The van der Waals surface area contributed by atoms with Crippen LogP contribution in [0.2, 0.25) is 0 Å². The molecule has 0 aliphatic heterocycles. The van der Waals surface area contributed by atoms with Gasteiger partial charge in [0.05, 0.1) is 0 Å². The van der Waals surface area contributed by atoms with Crippen LogP contribution < -0.4 is 0 Å². The van der Waals surface area contributed by atoms with Gasteiger partial charge in [-0.2, -0.15) is 0 Å². The third-order valence-corrected chi connectivity index (χ3v) is 8.00. The molecule has 0 bridgehead atoms. The van der Waals surface area contributed by atoms with Gasteiger partial charge in [0.15, 0.2) is 0 Å². The molecule has 0 atom stereocenters. The summed E-state index contributed by atoms with van der Waals surface area (Å²) in [5.74, 6) is 1.42. The molecular formula is C16H24Cl2W. The molecular weight excluding hydrogens is 447 g/mol. The van der Waals surface area contributed by atoms with Gasteiger partial charge in [-0.05, 0) is 0 Å². The number of halogens is 2. The Hall–Kier alpha value is 0.228. The SMILES string of the molecule is CC(C)C1=[C]([W][C]2=C(C(C)C)C=CC2)CC=C1.Cl.Cl. The minimum Gasteiger partial charge on any atom is -0.147 e. The first kappa shape index (κ1) is 19.2. The third kappa shape index (κ3) is 4.62. The van der Waals surface area contributed by atoms with Crippen LogP contribution in [-0.4, -0.2) is 0 Å². The molecule has 2 aliphatic carbocycles. The molecule has 2 rings (SSSR count). The Labute approximate surface area is 138 Å². The van der Waals surface area contributed by atoms with Crippen LogP contribution in [0.5, 0.6) is 0 Å². The molecule has 0 nitrogen and oxygen atoms in total. The monoisotopic (exact) mass is 470 g/mol. The zero-order chi connectivity index (χ0) is 12.4. The molecule has 0 aromatic carbocycles. The molecule has 0 heterocycles. The smallest absolute Gasteiger partial charge is 0.147 e. The van der Waals surface area contributed by atoms with Crippen LogP contribution in [0.1, 0.15) is 40.5 Å². The summed E-state index contributed by atoms with van der Waals surface area (Å²) in [6.45, 7) is 9.31. The summed E-state index contributed by atoms with van der Waals surface area (Å²) in [4.78, 5) is 0. The maximum absolute atomic E-state index is 2.37. The summed E-state index contributed by atoms with van der Waals surface area (Å²) < 4.78 is 3.63. The van der Waals surface area contributed by atoms with Crippen molar-refractivity contribution in [2.75, 3.05) is 0 Å². The predicted molar refractivity (Wildman–Crippen MR) is 85.7 cm³/mol. The fraction of sp³-hybridized carbons (Fsp3) is 0.500. The van der Waals surface area contributed by atoms with Gasteiger partial charge in [0.25, 0.3) is 0 Å². The molecule has 0 aromatic rings. The van der Waals surface area contributed by atoms with Gasteiger partial charge >= 0.3 is 114 Å². The normalized spacial score (nSPS) is 17.6. The van der Waals surface area contributed by atoms with Gasteiger partial charge < -0.3 is 0 Å². The van der Waals surface area contributed by atoms with Crippen molar-refractivity contribution in [1.82, 2.24) is 0 Å². The molecule has 0 unspecified atom stereocenters. The average molecular weight is 471 g/mol. The van der Waals surface area contributed by atoms with E-state index in [2.05, 4.69) is 52.0 Å². The number of rotatable bonds is 4. The molecule has 0 fully saturated rings. The molecule has 0 aromatic heterocycles. The van der Waals surface area contributed by atoms with E-state index in [0.29, 0.717) is 11.8 Å². The Morgan fingerprint density at radius 2 is 1.16 bits per heavy atom. The summed E-state index contributed by atoms with van der Waals surface area (Å²) in [5, 5.41) is 0. The number of hydrogen-bond donors (Lipinski definition) is 0. The molecule has 0 N–H and O–H groups in total. The van der Waals surface area contributed by atoms with Crippen molar-refractivity contribution in [3.8, 4) is 0 Å². The zero-order valence-electron chi connectivity index (χ0n) is 12.1. The van der Waals surface area contributed by atoms with Gasteiger partial charge in [-0.1, -0.05) is 0 Å². The molecule has 0 radical (unpaired) electrons. The van der Waals surface area contributed by atoms with Gasteiger partial charge in [-0.25, -0.2) is 0 Å². The first-order valence-corrected chi connectivity index (χ1v) is 9.50. The first-order valence-electron chi connectivity index (χ1n) is 6.56. The Kier molecular flexibility index (Phi) is 8.60. The van der Waals surface area contributed by atoms with Crippen molar-refractivity contribution in [2.24, 2.45) is 11.8 Å². The van der Waals surface area contributed by atoms with E-state index in [-0.39, 0.29) is 24.8 Å². The minimum absolute atomic E-state index is 0. The summed E-state index contributed by atoms with van der Waals surface area (Å²) in [6.07, 6.45) is 12.0. The van der Waals surface area contributed by atoms with Crippen LogP contribution in [0.15, 0.2) is 43.4 Å². The maximum Gasteiger partial charge on any atom is -0.147 e. The fourth-order valence-electron chi connectivity index (χ4n) is 2.39. The van der Waals surface area contributed by atoms with E-state index in [9.17, 15) is 0 Å². The minimum atomic E-state index is -0.458. The molecule has 2 aliphatic rings. The summed E-state index contributed by atoms with van der Waals surface area (Å²) in [6, 6.07) is 0. The van der Waals surface area contributed by atoms with Crippen LogP contribution in [-0.2, 0) is 18.6 Å². The summed E-state index contributed by atoms with van der Waals surface area (Å²) >= 11 is -0.458. The van der Waals surface area contributed by atoms with E-state index in [1.807, 2.05) is 7.93 Å². The molecule has 0 saturated carbocycles. The van der Waals surface area contributed by atoms with Gasteiger partial charge in [0, 0.05) is 0 Å². The molecule has 3 heteroatoms. The van der Waals surface area contributed by atoms with E-state index >= 15 is 0 Å². The van der Waals surface area contributed by atoms with Gasteiger partial charge in [-0.15, -0.1) is 24.8 Å². The summed E-state index contributed by atoms with van der Waals surface area (Å²) in [7, 11) is 0. The average Bonchev–Trinajstić information content (AvgIpc) is 2.86.